The van der Waals surface area contributed by atoms with Crippen LogP contribution in [0.2, 0.25) is 0 Å². The first-order valence-corrected chi connectivity index (χ1v) is 8.42. The average molecular weight is 420 g/mol. The van der Waals surface area contributed by atoms with Gasteiger partial charge in [-0.05, 0) is 17.8 Å². The number of hydrogen-bond donors (Lipinski definition) is 0. The molecule has 0 radical (unpaired) electrons. The molecule has 4 heteroatoms. The van der Waals surface area contributed by atoms with Gasteiger partial charge in [0.15, 0.2) is 0 Å². The normalized spacial score (nSPS) is 11.5. The van der Waals surface area contributed by atoms with Crippen LogP contribution in [0.4, 0.5) is 0 Å². The number of allylic oxidation sites excluding steroid dienone is 4. The van der Waals surface area contributed by atoms with E-state index in [1.165, 1.54) is 41.3 Å². The van der Waals surface area contributed by atoms with E-state index in [1.54, 1.807) is 0 Å². The summed E-state index contributed by atoms with van der Waals surface area (Å²) >= 11 is 0. The molecule has 0 N–H and O–H groups in total. The number of unbranched alkanes of at least 4 members (excludes halogenated alkanes) is 1. The number of halogens is 2. The molecule has 1 nitrogen and oxygen atoms in total. The second kappa shape index (κ2) is 13.1. The Bertz CT molecular complexity index is 768. The van der Waals surface area contributed by atoms with Crippen molar-refractivity contribution in [2.75, 3.05) is 0 Å². The van der Waals surface area contributed by atoms with Crippen molar-refractivity contribution in [3.8, 4) is 5.69 Å². The van der Waals surface area contributed by atoms with Crippen molar-refractivity contribution < 1.29 is 46.5 Å². The Balaban J connectivity index is 0.000000466. The second-order valence-electron chi connectivity index (χ2n) is 5.84. The summed E-state index contributed by atoms with van der Waals surface area (Å²) in [5.41, 5.74) is 2.65. The zero-order valence-corrected chi connectivity index (χ0v) is 18.0. The Morgan fingerprint density at radius 1 is 1.08 bits per heavy atom. The van der Waals surface area contributed by atoms with Crippen LogP contribution in [0, 0.1) is 6.08 Å². The van der Waals surface area contributed by atoms with Crippen molar-refractivity contribution >= 4 is 10.8 Å². The van der Waals surface area contributed by atoms with E-state index in [4.69, 9.17) is 0 Å². The molecular weight excluding hydrogens is 397 g/mol. The minimum absolute atomic E-state index is 0. The van der Waals surface area contributed by atoms with Crippen LogP contribution in [-0.2, 0) is 21.7 Å². The Labute approximate surface area is 184 Å². The van der Waals surface area contributed by atoms with Gasteiger partial charge in [-0.2, -0.15) is 6.08 Å². The molecule has 0 fully saturated rings. The Kier molecular flexibility index (Phi) is 12.6. The molecule has 3 aromatic rings. The van der Waals surface area contributed by atoms with Crippen molar-refractivity contribution in [3.05, 3.63) is 84.7 Å². The fourth-order valence-corrected chi connectivity index (χ4v) is 2.78. The van der Waals surface area contributed by atoms with Gasteiger partial charge in [0.2, 0.25) is 0 Å². The monoisotopic (exact) mass is 419 g/mol. The van der Waals surface area contributed by atoms with Crippen molar-refractivity contribution in [3.63, 3.8) is 0 Å². The zero-order chi connectivity index (χ0) is 15.9. The molecule has 1 aliphatic rings. The van der Waals surface area contributed by atoms with E-state index >= 15 is 0 Å². The van der Waals surface area contributed by atoms with Gasteiger partial charge in [-0.1, -0.05) is 32.3 Å². The summed E-state index contributed by atoms with van der Waals surface area (Å²) in [4.78, 5) is 0. The summed E-state index contributed by atoms with van der Waals surface area (Å²) in [6.07, 6.45) is 16.7. The molecule has 0 bridgehead atoms. The maximum absolute atomic E-state index is 3.30. The fraction of sp³-hybridized carbons (Fsp3) is 0.227. The van der Waals surface area contributed by atoms with Crippen molar-refractivity contribution in [1.29, 1.82) is 0 Å². The summed E-state index contributed by atoms with van der Waals surface area (Å²) in [7, 11) is 0. The largest absolute Gasteiger partial charge is 4.00 e. The molecule has 0 saturated carbocycles. The molecule has 0 spiro atoms. The molecule has 1 heterocycles. The topological polar surface area (TPSA) is 4.93 Å². The fourth-order valence-electron chi connectivity index (χ4n) is 2.78. The molecule has 4 rings (SSSR count). The van der Waals surface area contributed by atoms with Crippen molar-refractivity contribution in [2.45, 2.75) is 32.6 Å². The SMILES string of the molecule is CCCCC1=[C-]CC=C1.[Cl-].[Cl-].[Ti+4].c1ccc2[cH-]c(-n3cccc3)cc2c1. The summed E-state index contributed by atoms with van der Waals surface area (Å²) in [6.45, 7) is 2.22. The predicted octanol–water partition coefficient (Wildman–Crippen LogP) is 0.221. The number of fused-ring (bicyclic) bond motifs is 1. The van der Waals surface area contributed by atoms with Gasteiger partial charge in [0.05, 0.1) is 0 Å². The minimum atomic E-state index is 0. The van der Waals surface area contributed by atoms with Gasteiger partial charge in [0, 0.05) is 12.4 Å². The van der Waals surface area contributed by atoms with Crippen LogP contribution in [-0.4, -0.2) is 4.57 Å². The first kappa shape index (κ1) is 24.9. The molecule has 1 aromatic heterocycles. The Morgan fingerprint density at radius 2 is 1.81 bits per heavy atom. The predicted molar refractivity (Wildman–Crippen MR) is 98.9 cm³/mol. The van der Waals surface area contributed by atoms with Crippen LogP contribution in [0.25, 0.3) is 16.5 Å². The molecule has 0 unspecified atom stereocenters. The number of aromatic nitrogens is 1. The number of rotatable bonds is 4. The van der Waals surface area contributed by atoms with Gasteiger partial charge < -0.3 is 29.4 Å². The van der Waals surface area contributed by atoms with Crippen molar-refractivity contribution in [2.24, 2.45) is 0 Å². The second-order valence-corrected chi connectivity index (χ2v) is 5.84. The first-order valence-electron chi connectivity index (χ1n) is 8.42. The van der Waals surface area contributed by atoms with Crippen LogP contribution >= 0.6 is 0 Å². The van der Waals surface area contributed by atoms with E-state index in [-0.39, 0.29) is 46.5 Å². The number of nitrogens with zero attached hydrogens (tertiary/aromatic N) is 1. The van der Waals surface area contributed by atoms with E-state index in [9.17, 15) is 0 Å². The summed E-state index contributed by atoms with van der Waals surface area (Å²) in [5, 5.41) is 2.60. The zero-order valence-electron chi connectivity index (χ0n) is 15.0. The summed E-state index contributed by atoms with van der Waals surface area (Å²) < 4.78 is 2.12. The molecule has 0 aliphatic heterocycles. The smallest absolute Gasteiger partial charge is 1.00 e. The van der Waals surface area contributed by atoms with Crippen LogP contribution in [0.3, 0.4) is 0 Å². The molecular formula is C22H23Cl2NTi. The van der Waals surface area contributed by atoms with Gasteiger partial charge in [-0.25, -0.2) is 11.6 Å². The number of benzene rings is 1. The Morgan fingerprint density at radius 3 is 2.42 bits per heavy atom. The quantitative estimate of drug-likeness (QED) is 0.421. The summed E-state index contributed by atoms with van der Waals surface area (Å²) in [5.74, 6) is 0. The van der Waals surface area contributed by atoms with Crippen LogP contribution < -0.4 is 24.8 Å². The van der Waals surface area contributed by atoms with E-state index in [0.717, 1.165) is 6.42 Å². The van der Waals surface area contributed by atoms with Gasteiger partial charge >= 0.3 is 21.7 Å². The minimum Gasteiger partial charge on any atom is -1.00 e. The van der Waals surface area contributed by atoms with E-state index in [1.807, 2.05) is 12.1 Å². The molecule has 2 aromatic carbocycles. The van der Waals surface area contributed by atoms with E-state index in [0.29, 0.717) is 0 Å². The standard InChI is InChI=1S/C13H10N.C9H13.2ClH.Ti/c1-2-6-12-10-13(9-11(12)5-1)14-7-3-4-8-14;1-2-3-6-9-7-4-5-8-9;;;/h1-10H;4,7H,2-3,5-6H2,1H3;2*1H;/q2*-1;;;+4/p-2. The summed E-state index contributed by atoms with van der Waals surface area (Å²) in [6, 6.07) is 16.9. The number of hydrogen-bond acceptors (Lipinski definition) is 0. The molecule has 0 saturated heterocycles. The molecule has 26 heavy (non-hydrogen) atoms. The van der Waals surface area contributed by atoms with Gasteiger partial charge in [0.1, 0.15) is 0 Å². The van der Waals surface area contributed by atoms with Crippen LogP contribution in [0.1, 0.15) is 32.6 Å². The molecule has 1 aliphatic carbocycles. The van der Waals surface area contributed by atoms with Crippen LogP contribution in [0.5, 0.6) is 0 Å². The third-order valence-electron chi connectivity index (χ3n) is 4.07. The van der Waals surface area contributed by atoms with Crippen LogP contribution in [0.15, 0.2) is 78.6 Å². The van der Waals surface area contributed by atoms with Gasteiger partial charge in [0.25, 0.3) is 0 Å². The maximum Gasteiger partial charge on any atom is 4.00 e. The van der Waals surface area contributed by atoms with E-state index in [2.05, 4.69) is 78.5 Å². The van der Waals surface area contributed by atoms with E-state index < -0.39 is 0 Å². The maximum atomic E-state index is 3.30. The molecule has 134 valence electrons. The average Bonchev–Trinajstić information content (AvgIpc) is 3.34. The van der Waals surface area contributed by atoms with Gasteiger partial charge in [-0.3, -0.25) is 6.08 Å². The third kappa shape index (κ3) is 6.89. The van der Waals surface area contributed by atoms with Crippen molar-refractivity contribution in [1.82, 2.24) is 4.57 Å². The Hall–Kier alpha value is -1.12. The third-order valence-corrected chi connectivity index (χ3v) is 4.07. The van der Waals surface area contributed by atoms with Gasteiger partial charge in [-0.15, -0.1) is 47.5 Å². The molecule has 0 atom stereocenters. The first-order chi connectivity index (χ1) is 11.4. The molecule has 0 amide bonds.